The smallest absolute Gasteiger partial charge is 0.261 e. The third kappa shape index (κ3) is 0.818. The molecule has 0 saturated carbocycles. The molecule has 0 amide bonds. The van der Waals surface area contributed by atoms with Crippen LogP contribution in [0.4, 0.5) is 0 Å². The van der Waals surface area contributed by atoms with Gasteiger partial charge in [-0.25, -0.2) is 5.43 Å². The lowest BCUT2D eigenvalue weighted by Gasteiger charge is -2.05. The molecule has 0 saturated heterocycles. The lowest BCUT2D eigenvalue weighted by molar-refractivity contribution is -0.545. The van der Waals surface area contributed by atoms with E-state index in [-0.39, 0.29) is 0 Å². The van der Waals surface area contributed by atoms with Crippen LogP contribution < -0.4 is 5.43 Å². The Morgan fingerprint density at radius 3 is 3.10 bits per heavy atom. The molecule has 1 aliphatic heterocycles. The Bertz CT molecular complexity index is 217. The van der Waals surface area contributed by atoms with Crippen molar-refractivity contribution in [2.75, 3.05) is 0 Å². The first-order chi connectivity index (χ1) is 4.75. The molecule has 0 aromatic rings. The molecule has 0 bridgehead atoms. The normalized spacial score (nSPS) is 21.9. The molecule has 1 atom stereocenters. The minimum Gasteiger partial charge on any atom is -0.261 e. The lowest BCUT2D eigenvalue weighted by atomic mass is 10.7. The van der Waals surface area contributed by atoms with Gasteiger partial charge in [0.05, 0.1) is 4.92 Å². The standard InChI is InChI=1S/C3H3N5O2/c4-1-7-2-5-6-3(7)8(9)10/h2-3,6H. The van der Waals surface area contributed by atoms with Gasteiger partial charge in [0.25, 0.3) is 0 Å². The first-order valence-corrected chi connectivity index (χ1v) is 2.36. The van der Waals surface area contributed by atoms with E-state index in [1.807, 2.05) is 0 Å². The Labute approximate surface area is 55.7 Å². The Hall–Kier alpha value is -1.84. The monoisotopic (exact) mass is 141 g/mol. The summed E-state index contributed by atoms with van der Waals surface area (Å²) < 4.78 is 0. The second-order valence-electron chi connectivity index (χ2n) is 1.54. The largest absolute Gasteiger partial charge is 0.393 e. The molecule has 1 heterocycles. The van der Waals surface area contributed by atoms with Gasteiger partial charge in [0.2, 0.25) is 0 Å². The van der Waals surface area contributed by atoms with E-state index in [4.69, 9.17) is 5.26 Å². The molecule has 7 heteroatoms. The van der Waals surface area contributed by atoms with E-state index in [1.54, 1.807) is 6.19 Å². The maximum Gasteiger partial charge on any atom is 0.393 e. The number of nitriles is 1. The Kier molecular flexibility index (Phi) is 1.37. The minimum atomic E-state index is -1.23. The summed E-state index contributed by atoms with van der Waals surface area (Å²) in [7, 11) is 0. The second-order valence-corrected chi connectivity index (χ2v) is 1.54. The number of hydrogen-bond donors (Lipinski definition) is 1. The van der Waals surface area contributed by atoms with Gasteiger partial charge >= 0.3 is 6.29 Å². The zero-order valence-corrected chi connectivity index (χ0v) is 4.76. The fourth-order valence-corrected chi connectivity index (χ4v) is 0.517. The van der Waals surface area contributed by atoms with Gasteiger partial charge in [-0.15, -0.1) is 0 Å². The number of hydrazone groups is 1. The van der Waals surface area contributed by atoms with Crippen LogP contribution in [0.3, 0.4) is 0 Å². The molecule has 0 radical (unpaired) electrons. The van der Waals surface area contributed by atoms with Gasteiger partial charge in [0, 0.05) is 0 Å². The van der Waals surface area contributed by atoms with Crippen LogP contribution in [0.2, 0.25) is 0 Å². The number of rotatable bonds is 1. The van der Waals surface area contributed by atoms with Crippen LogP contribution in [-0.4, -0.2) is 22.5 Å². The average molecular weight is 141 g/mol. The SMILES string of the molecule is N#CN1C=NNC1[N+](=O)[O-]. The maximum atomic E-state index is 10.0. The van der Waals surface area contributed by atoms with E-state index in [2.05, 4.69) is 10.5 Å². The topological polar surface area (TPSA) is 94.6 Å². The van der Waals surface area contributed by atoms with E-state index in [0.29, 0.717) is 0 Å². The van der Waals surface area contributed by atoms with Crippen LogP contribution in [-0.2, 0) is 0 Å². The summed E-state index contributed by atoms with van der Waals surface area (Å²) in [6.45, 7) is 0. The molecule has 0 fully saturated rings. The number of hydrogen-bond acceptors (Lipinski definition) is 6. The fourth-order valence-electron chi connectivity index (χ4n) is 0.517. The van der Waals surface area contributed by atoms with Crippen molar-refractivity contribution in [3.8, 4) is 6.19 Å². The molecule has 1 aliphatic rings. The number of nitrogens with one attached hydrogen (secondary N) is 1. The van der Waals surface area contributed by atoms with Crippen LogP contribution >= 0.6 is 0 Å². The summed E-state index contributed by atoms with van der Waals surface area (Å²) >= 11 is 0. The first-order valence-electron chi connectivity index (χ1n) is 2.36. The summed E-state index contributed by atoms with van der Waals surface area (Å²) in [6.07, 6.45) is 1.41. The van der Waals surface area contributed by atoms with Crippen LogP contribution in [0, 0.1) is 21.6 Å². The molecule has 0 aliphatic carbocycles. The molecule has 7 nitrogen and oxygen atoms in total. The predicted molar refractivity (Wildman–Crippen MR) is 29.9 cm³/mol. The van der Waals surface area contributed by atoms with Gasteiger partial charge in [-0.2, -0.15) is 15.3 Å². The summed E-state index contributed by atoms with van der Waals surface area (Å²) in [5.74, 6) is 0. The van der Waals surface area contributed by atoms with Crippen molar-refractivity contribution in [1.82, 2.24) is 10.3 Å². The fraction of sp³-hybridized carbons (Fsp3) is 0.333. The summed E-state index contributed by atoms with van der Waals surface area (Å²) in [6, 6.07) is 0. The molecule has 0 aromatic carbocycles. The summed E-state index contributed by atoms with van der Waals surface area (Å²) in [5, 5.41) is 21.6. The van der Waals surface area contributed by atoms with Crippen molar-refractivity contribution < 1.29 is 4.92 Å². The predicted octanol–water partition coefficient (Wildman–Crippen LogP) is -1.12. The third-order valence-corrected chi connectivity index (χ3v) is 0.951. The Morgan fingerprint density at radius 2 is 2.70 bits per heavy atom. The van der Waals surface area contributed by atoms with Crippen molar-refractivity contribution in [2.45, 2.75) is 6.29 Å². The van der Waals surface area contributed by atoms with E-state index in [0.717, 1.165) is 11.2 Å². The molecule has 1 unspecified atom stereocenters. The molecule has 0 spiro atoms. The van der Waals surface area contributed by atoms with Gasteiger partial charge in [0.1, 0.15) is 6.34 Å². The van der Waals surface area contributed by atoms with E-state index in [9.17, 15) is 10.1 Å². The summed E-state index contributed by atoms with van der Waals surface area (Å²) in [5.41, 5.74) is 2.13. The van der Waals surface area contributed by atoms with Crippen LogP contribution in [0.5, 0.6) is 0 Å². The van der Waals surface area contributed by atoms with Crippen LogP contribution in [0.25, 0.3) is 0 Å². The first kappa shape index (κ1) is 6.28. The van der Waals surface area contributed by atoms with Gasteiger partial charge in [-0.3, -0.25) is 10.1 Å². The maximum absolute atomic E-state index is 10.0. The summed E-state index contributed by atoms with van der Waals surface area (Å²) in [4.78, 5) is 10.2. The molecule has 10 heavy (non-hydrogen) atoms. The van der Waals surface area contributed by atoms with E-state index >= 15 is 0 Å². The molecule has 0 aromatic heterocycles. The van der Waals surface area contributed by atoms with Gasteiger partial charge in [-0.05, 0) is 0 Å². The highest BCUT2D eigenvalue weighted by atomic mass is 16.6. The van der Waals surface area contributed by atoms with Gasteiger partial charge < -0.3 is 0 Å². The van der Waals surface area contributed by atoms with Gasteiger partial charge in [-0.1, -0.05) is 0 Å². The Balaban J connectivity index is 2.67. The minimum absolute atomic E-state index is 0.643. The van der Waals surface area contributed by atoms with Crippen molar-refractivity contribution in [3.63, 3.8) is 0 Å². The van der Waals surface area contributed by atoms with Crippen molar-refractivity contribution in [2.24, 2.45) is 5.10 Å². The highest BCUT2D eigenvalue weighted by Crippen LogP contribution is 1.97. The third-order valence-electron chi connectivity index (χ3n) is 0.951. The van der Waals surface area contributed by atoms with E-state index < -0.39 is 11.2 Å². The number of nitrogens with zero attached hydrogens (tertiary/aromatic N) is 4. The quantitative estimate of drug-likeness (QED) is 0.283. The highest BCUT2D eigenvalue weighted by molar-refractivity contribution is 5.58. The van der Waals surface area contributed by atoms with Crippen LogP contribution in [0.15, 0.2) is 5.10 Å². The van der Waals surface area contributed by atoms with Gasteiger partial charge in [0.15, 0.2) is 6.19 Å². The van der Waals surface area contributed by atoms with Crippen molar-refractivity contribution in [3.05, 3.63) is 10.1 Å². The average Bonchev–Trinajstić information content (AvgIpc) is 2.33. The van der Waals surface area contributed by atoms with Crippen molar-refractivity contribution in [1.29, 1.82) is 5.26 Å². The highest BCUT2D eigenvalue weighted by Gasteiger charge is 2.29. The molecular weight excluding hydrogens is 138 g/mol. The Morgan fingerprint density at radius 1 is 2.00 bits per heavy atom. The zero-order valence-electron chi connectivity index (χ0n) is 4.76. The molecule has 1 N–H and O–H groups in total. The molecule has 52 valence electrons. The molecular formula is C3H3N5O2. The molecule has 1 rings (SSSR count). The zero-order chi connectivity index (χ0) is 7.56. The van der Waals surface area contributed by atoms with Crippen molar-refractivity contribution >= 4 is 6.34 Å². The number of nitro groups is 1. The second kappa shape index (κ2) is 2.18. The lowest BCUT2D eigenvalue weighted by Crippen LogP contribution is -2.40. The van der Waals surface area contributed by atoms with Crippen LogP contribution in [0.1, 0.15) is 0 Å². The van der Waals surface area contributed by atoms with E-state index in [1.165, 1.54) is 0 Å².